The summed E-state index contributed by atoms with van der Waals surface area (Å²) in [5, 5.41) is 2.11. The summed E-state index contributed by atoms with van der Waals surface area (Å²) in [7, 11) is -1.55. The summed E-state index contributed by atoms with van der Waals surface area (Å²) in [5.74, 6) is 0.253. The van der Waals surface area contributed by atoms with Crippen molar-refractivity contribution >= 4 is 27.5 Å². The Morgan fingerprint density at radius 1 is 1.18 bits per heavy atom. The number of piperidine rings is 1. The number of sulfonamides is 1. The molecule has 2 saturated heterocycles. The van der Waals surface area contributed by atoms with Crippen LogP contribution in [0.5, 0.6) is 0 Å². The van der Waals surface area contributed by atoms with Crippen molar-refractivity contribution < 1.29 is 18.1 Å². The zero-order valence-electron chi connectivity index (χ0n) is 16.7. The number of piperazine rings is 1. The maximum absolute atomic E-state index is 13.1. The lowest BCUT2D eigenvalue weighted by Gasteiger charge is -2.34. The summed E-state index contributed by atoms with van der Waals surface area (Å²) < 4.78 is 27.8. The molecule has 2 N–H and O–H groups in total. The highest BCUT2D eigenvalue weighted by Crippen LogP contribution is 2.28. The number of halogens is 1. The van der Waals surface area contributed by atoms with Crippen molar-refractivity contribution in [1.82, 2.24) is 14.7 Å². The first-order valence-electron chi connectivity index (χ1n) is 9.83. The highest BCUT2D eigenvalue weighted by Gasteiger charge is 2.32. The van der Waals surface area contributed by atoms with Gasteiger partial charge in [0, 0.05) is 13.1 Å². The molecule has 2 atom stereocenters. The molecular weight excluding hydrogens is 400 g/mol. The number of amides is 1. The third-order valence-corrected chi connectivity index (χ3v) is 7.69. The molecule has 2 heterocycles. The molecule has 1 aromatic carbocycles. The lowest BCUT2D eigenvalue weighted by atomic mass is 9.94. The molecule has 2 fully saturated rings. The molecule has 2 aliphatic heterocycles. The zero-order chi connectivity index (χ0) is 20.5. The number of hydrogen-bond donors (Lipinski definition) is 2. The van der Waals surface area contributed by atoms with E-state index < -0.39 is 10.0 Å². The van der Waals surface area contributed by atoms with E-state index in [0.717, 1.165) is 32.6 Å². The van der Waals surface area contributed by atoms with E-state index in [9.17, 15) is 13.2 Å². The number of rotatable bonds is 4. The largest absolute Gasteiger partial charge is 0.335 e. The molecule has 156 valence electrons. The number of carbonyl (C=O) groups is 1. The third-order valence-electron chi connectivity index (χ3n) is 5.53. The summed E-state index contributed by atoms with van der Waals surface area (Å²) in [6, 6.07) is 4.38. The fraction of sp³-hybridized carbons (Fsp3) is 0.632. The Labute approximate surface area is 172 Å². The van der Waals surface area contributed by atoms with Crippen molar-refractivity contribution in [2.45, 2.75) is 25.2 Å². The lowest BCUT2D eigenvalue weighted by molar-refractivity contribution is -0.884. The lowest BCUT2D eigenvalue weighted by Crippen LogP contribution is -3.12. The van der Waals surface area contributed by atoms with E-state index in [2.05, 4.69) is 26.3 Å². The van der Waals surface area contributed by atoms with Crippen molar-refractivity contribution in [3.63, 3.8) is 0 Å². The summed E-state index contributed by atoms with van der Waals surface area (Å²) in [6.07, 6.45) is 1.02. The van der Waals surface area contributed by atoms with E-state index in [1.165, 1.54) is 27.4 Å². The number of quaternary nitrogens is 1. The minimum Gasteiger partial charge on any atom is -0.335 e. The van der Waals surface area contributed by atoms with E-state index in [1.807, 2.05) is 5.01 Å². The highest BCUT2D eigenvalue weighted by atomic mass is 35.5. The Bertz CT molecular complexity index is 814. The maximum atomic E-state index is 13.1. The number of nitrogens with zero attached hydrogens (tertiary/aromatic N) is 2. The van der Waals surface area contributed by atoms with Crippen LogP contribution in [0.15, 0.2) is 23.1 Å². The SMILES string of the molecule is C[C@@H]1C[C@H](C)CN(S(=O)(=O)c2ccc(Cl)c(C(=O)NN3CC[NH+](C)CC3)c2)C1. The minimum absolute atomic E-state index is 0.117. The molecule has 9 heteroatoms. The van der Waals surface area contributed by atoms with Crippen molar-refractivity contribution in [3.8, 4) is 0 Å². The van der Waals surface area contributed by atoms with Gasteiger partial charge in [-0.05, 0) is 36.5 Å². The van der Waals surface area contributed by atoms with Crippen molar-refractivity contribution in [2.24, 2.45) is 11.8 Å². The van der Waals surface area contributed by atoms with Gasteiger partial charge in [-0.25, -0.2) is 13.4 Å². The molecule has 0 bridgehead atoms. The summed E-state index contributed by atoms with van der Waals surface area (Å²) in [6.45, 7) is 8.50. The minimum atomic E-state index is -3.66. The van der Waals surface area contributed by atoms with E-state index in [1.54, 1.807) is 0 Å². The Kier molecular flexibility index (Phi) is 6.66. The second-order valence-electron chi connectivity index (χ2n) is 8.29. The van der Waals surface area contributed by atoms with Gasteiger partial charge in [-0.3, -0.25) is 10.2 Å². The van der Waals surface area contributed by atoms with Crippen LogP contribution in [0.3, 0.4) is 0 Å². The maximum Gasteiger partial charge on any atom is 0.267 e. The number of hydrazine groups is 1. The molecule has 28 heavy (non-hydrogen) atoms. The number of carbonyl (C=O) groups excluding carboxylic acids is 1. The molecule has 0 spiro atoms. The second-order valence-corrected chi connectivity index (χ2v) is 10.6. The second kappa shape index (κ2) is 8.67. The van der Waals surface area contributed by atoms with E-state index >= 15 is 0 Å². The van der Waals surface area contributed by atoms with Crippen molar-refractivity contribution in [3.05, 3.63) is 28.8 Å². The van der Waals surface area contributed by atoms with E-state index in [4.69, 9.17) is 11.6 Å². The van der Waals surface area contributed by atoms with Gasteiger partial charge in [0.05, 0.1) is 48.7 Å². The molecule has 0 unspecified atom stereocenters. The number of nitrogens with one attached hydrogen (secondary N) is 2. The van der Waals surface area contributed by atoms with E-state index in [-0.39, 0.29) is 21.4 Å². The molecule has 1 amide bonds. The average molecular weight is 430 g/mol. The van der Waals surface area contributed by atoms with Crippen LogP contribution < -0.4 is 10.3 Å². The standard InChI is InChI=1S/C19H29ClN4O3S/c1-14-10-15(2)13-24(12-14)28(26,27)16-4-5-18(20)17(11-16)19(25)21-23-8-6-22(3)7-9-23/h4-5,11,14-15H,6-10,12-13H2,1-3H3,(H,21,25)/p+1/t14-,15+. The summed E-state index contributed by atoms with van der Waals surface area (Å²) in [4.78, 5) is 14.3. The smallest absolute Gasteiger partial charge is 0.267 e. The van der Waals surface area contributed by atoms with Crippen LogP contribution in [0.25, 0.3) is 0 Å². The molecule has 0 radical (unpaired) electrons. The van der Waals surface area contributed by atoms with Gasteiger partial charge < -0.3 is 4.90 Å². The molecule has 0 aliphatic carbocycles. The van der Waals surface area contributed by atoms with Crippen molar-refractivity contribution in [1.29, 1.82) is 0 Å². The van der Waals surface area contributed by atoms with Crippen LogP contribution in [-0.2, 0) is 10.0 Å². The van der Waals surface area contributed by atoms with Gasteiger partial charge in [-0.2, -0.15) is 4.31 Å². The quantitative estimate of drug-likeness (QED) is 0.730. The van der Waals surface area contributed by atoms with Crippen LogP contribution in [-0.4, -0.2) is 70.0 Å². The molecule has 7 nitrogen and oxygen atoms in total. The van der Waals surface area contributed by atoms with Crippen LogP contribution in [0.1, 0.15) is 30.6 Å². The zero-order valence-corrected chi connectivity index (χ0v) is 18.3. The van der Waals surface area contributed by atoms with Crippen molar-refractivity contribution in [2.75, 3.05) is 46.3 Å². The Morgan fingerprint density at radius 3 is 2.39 bits per heavy atom. The van der Waals surface area contributed by atoms with Gasteiger partial charge in [0.25, 0.3) is 5.91 Å². The van der Waals surface area contributed by atoms with Gasteiger partial charge in [0.15, 0.2) is 0 Å². The van der Waals surface area contributed by atoms with E-state index in [0.29, 0.717) is 24.9 Å². The first kappa shape index (κ1) is 21.5. The first-order valence-corrected chi connectivity index (χ1v) is 11.7. The van der Waals surface area contributed by atoms with Gasteiger partial charge in [-0.15, -0.1) is 0 Å². The third kappa shape index (κ3) is 4.86. The normalized spacial score (nSPS) is 25.6. The number of hydrogen-bond acceptors (Lipinski definition) is 4. The molecular formula is C19H30ClN4O3S+. The number of benzene rings is 1. The van der Waals surface area contributed by atoms with Crippen LogP contribution in [0.4, 0.5) is 0 Å². The predicted molar refractivity (Wildman–Crippen MR) is 109 cm³/mol. The number of likely N-dealkylation sites (N-methyl/N-ethyl adjacent to an activating group) is 1. The molecule has 0 saturated carbocycles. The Hall–Kier alpha value is -1.19. The Morgan fingerprint density at radius 2 is 1.79 bits per heavy atom. The fourth-order valence-corrected chi connectivity index (χ4v) is 5.90. The monoisotopic (exact) mass is 429 g/mol. The van der Waals surface area contributed by atoms with Crippen LogP contribution in [0, 0.1) is 11.8 Å². The highest BCUT2D eigenvalue weighted by molar-refractivity contribution is 7.89. The van der Waals surface area contributed by atoms with Gasteiger partial charge in [0.2, 0.25) is 10.0 Å². The van der Waals surface area contributed by atoms with Crippen LogP contribution >= 0.6 is 11.6 Å². The molecule has 1 aromatic rings. The molecule has 0 aromatic heterocycles. The topological polar surface area (TPSA) is 74.2 Å². The van der Waals surface area contributed by atoms with Gasteiger partial charge in [0.1, 0.15) is 0 Å². The molecule has 2 aliphatic rings. The fourth-order valence-electron chi connectivity index (χ4n) is 3.99. The van der Waals surface area contributed by atoms with Gasteiger partial charge in [-0.1, -0.05) is 25.4 Å². The summed E-state index contributed by atoms with van der Waals surface area (Å²) >= 11 is 6.22. The Balaban J connectivity index is 1.79. The average Bonchev–Trinajstić information content (AvgIpc) is 2.63. The van der Waals surface area contributed by atoms with Gasteiger partial charge >= 0.3 is 0 Å². The van der Waals surface area contributed by atoms with Crippen LogP contribution in [0.2, 0.25) is 5.02 Å². The molecule has 3 rings (SSSR count). The summed E-state index contributed by atoms with van der Waals surface area (Å²) in [5.41, 5.74) is 3.04. The predicted octanol–water partition coefficient (Wildman–Crippen LogP) is 0.482. The first-order chi connectivity index (χ1) is 13.2.